The number of halogens is 2. The smallest absolute Gasteiger partial charge is 0.291 e. The van der Waals surface area contributed by atoms with Gasteiger partial charge in [-0.1, -0.05) is 41.4 Å². The van der Waals surface area contributed by atoms with Crippen molar-refractivity contribution < 1.29 is 23.2 Å². The zero-order valence-electron chi connectivity index (χ0n) is 20.0. The molecule has 0 atom stereocenters. The van der Waals surface area contributed by atoms with Gasteiger partial charge in [0.1, 0.15) is 22.9 Å². The molecule has 0 saturated carbocycles. The minimum atomic E-state index is -0.419. The quantitative estimate of drug-likeness (QED) is 0.202. The molecule has 0 spiro atoms. The van der Waals surface area contributed by atoms with Crippen molar-refractivity contribution in [3.63, 3.8) is 0 Å². The summed E-state index contributed by atoms with van der Waals surface area (Å²) in [5, 5.41) is 7.35. The number of carbonyl (C=O) groups excluding carboxylic acids is 2. The van der Waals surface area contributed by atoms with Crippen LogP contribution in [0.3, 0.4) is 0 Å². The number of ether oxygens (including phenoxy) is 1. The van der Waals surface area contributed by atoms with Crippen LogP contribution in [0, 0.1) is 0 Å². The maximum atomic E-state index is 12.7. The molecule has 190 valence electrons. The van der Waals surface area contributed by atoms with Gasteiger partial charge in [-0.25, -0.2) is 0 Å². The fraction of sp³-hybridized carbons (Fsp3) is 0.0345. The third kappa shape index (κ3) is 5.75. The van der Waals surface area contributed by atoms with E-state index in [1.807, 2.05) is 18.2 Å². The lowest BCUT2D eigenvalue weighted by Crippen LogP contribution is -2.12. The topological polar surface area (TPSA) is 93.7 Å². The molecule has 0 fully saturated rings. The SMILES string of the molecule is COc1cc(NC(=O)/C=C/c2ccc(-c3cc(Cl)cc(Cl)c3)o2)ccc1NC(=O)c1cc2ccccc2o1. The summed E-state index contributed by atoms with van der Waals surface area (Å²) in [5.74, 6) is 0.793. The van der Waals surface area contributed by atoms with Crippen LogP contribution in [-0.4, -0.2) is 18.9 Å². The number of fused-ring (bicyclic) bond motifs is 1. The Bertz CT molecular complexity index is 1630. The van der Waals surface area contributed by atoms with Crippen LogP contribution >= 0.6 is 23.2 Å². The zero-order valence-corrected chi connectivity index (χ0v) is 21.5. The molecule has 3 aromatic carbocycles. The standard InChI is InChI=1S/C29H20Cl2N2O5/c1-36-26-16-21(6-9-23(26)33-29(35)27-14-17-4-2-3-5-24(17)38-27)32-28(34)11-8-22-7-10-25(37-22)18-12-19(30)15-20(31)13-18/h2-16H,1H3,(H,32,34)(H,33,35)/b11-8+. The number of methoxy groups -OCH3 is 1. The van der Waals surface area contributed by atoms with Gasteiger partial charge in [0.05, 0.1) is 12.8 Å². The number of hydrogen-bond acceptors (Lipinski definition) is 5. The van der Waals surface area contributed by atoms with Crippen molar-refractivity contribution in [1.29, 1.82) is 0 Å². The Morgan fingerprint density at radius 1 is 0.868 bits per heavy atom. The van der Waals surface area contributed by atoms with Crippen molar-refractivity contribution in [1.82, 2.24) is 0 Å². The van der Waals surface area contributed by atoms with Crippen molar-refractivity contribution in [2.24, 2.45) is 0 Å². The molecule has 0 unspecified atom stereocenters. The summed E-state index contributed by atoms with van der Waals surface area (Å²) in [7, 11) is 1.47. The molecule has 38 heavy (non-hydrogen) atoms. The van der Waals surface area contributed by atoms with E-state index in [2.05, 4.69) is 10.6 Å². The van der Waals surface area contributed by atoms with Crippen LogP contribution in [0.15, 0.2) is 93.8 Å². The van der Waals surface area contributed by atoms with E-state index in [-0.39, 0.29) is 11.7 Å². The van der Waals surface area contributed by atoms with Crippen LogP contribution < -0.4 is 15.4 Å². The molecule has 2 aromatic heterocycles. The number of furan rings is 2. The van der Waals surface area contributed by atoms with E-state index in [0.717, 1.165) is 10.9 Å². The van der Waals surface area contributed by atoms with E-state index >= 15 is 0 Å². The number of rotatable bonds is 7. The second-order valence-electron chi connectivity index (χ2n) is 8.20. The second kappa shape index (κ2) is 10.9. The number of amides is 2. The summed E-state index contributed by atoms with van der Waals surface area (Å²) in [6, 6.07) is 22.5. The molecule has 0 saturated heterocycles. The highest BCUT2D eigenvalue weighted by atomic mass is 35.5. The number of nitrogens with one attached hydrogen (secondary N) is 2. The summed E-state index contributed by atoms with van der Waals surface area (Å²) >= 11 is 12.1. The summed E-state index contributed by atoms with van der Waals surface area (Å²) in [6.07, 6.45) is 2.89. The number of hydrogen-bond donors (Lipinski definition) is 2. The molecule has 2 N–H and O–H groups in total. The van der Waals surface area contributed by atoms with Crippen LogP contribution in [-0.2, 0) is 4.79 Å². The summed E-state index contributed by atoms with van der Waals surface area (Å²) in [6.45, 7) is 0. The van der Waals surface area contributed by atoms with Crippen molar-refractivity contribution in [3.05, 3.63) is 107 Å². The van der Waals surface area contributed by atoms with Gasteiger partial charge in [-0.3, -0.25) is 9.59 Å². The molecule has 0 aliphatic heterocycles. The Kier molecular flexibility index (Phi) is 7.22. The van der Waals surface area contributed by atoms with E-state index in [4.69, 9.17) is 36.8 Å². The van der Waals surface area contributed by atoms with Gasteiger partial charge in [-0.2, -0.15) is 0 Å². The van der Waals surface area contributed by atoms with Crippen LogP contribution in [0.2, 0.25) is 10.0 Å². The highest BCUT2D eigenvalue weighted by molar-refractivity contribution is 6.35. The first-order valence-electron chi connectivity index (χ1n) is 11.4. The van der Waals surface area contributed by atoms with Gasteiger partial charge >= 0.3 is 0 Å². The summed E-state index contributed by atoms with van der Waals surface area (Å²) in [4.78, 5) is 25.2. The van der Waals surface area contributed by atoms with Crippen LogP contribution in [0.1, 0.15) is 16.3 Å². The first-order valence-corrected chi connectivity index (χ1v) is 12.2. The molecule has 9 heteroatoms. The first kappa shape index (κ1) is 25.2. The van der Waals surface area contributed by atoms with Crippen molar-refractivity contribution >= 4 is 63.4 Å². The zero-order chi connectivity index (χ0) is 26.6. The average molecular weight is 547 g/mol. The third-order valence-corrected chi connectivity index (χ3v) is 5.98. The van der Waals surface area contributed by atoms with E-state index < -0.39 is 5.91 Å². The number of para-hydroxylation sites is 1. The molecule has 0 aliphatic carbocycles. The minimum absolute atomic E-state index is 0.176. The van der Waals surface area contributed by atoms with Gasteiger partial charge in [-0.05, 0) is 60.7 Å². The third-order valence-electron chi connectivity index (χ3n) is 5.54. The van der Waals surface area contributed by atoms with E-state index in [1.54, 1.807) is 66.7 Å². The Balaban J connectivity index is 1.24. The Labute approximate surface area is 227 Å². The van der Waals surface area contributed by atoms with Gasteiger partial charge in [0, 0.05) is 38.8 Å². The van der Waals surface area contributed by atoms with Gasteiger partial charge in [0.25, 0.3) is 5.91 Å². The molecule has 0 radical (unpaired) electrons. The minimum Gasteiger partial charge on any atom is -0.494 e. The second-order valence-corrected chi connectivity index (χ2v) is 9.07. The Hall–Kier alpha value is -4.46. The number of anilines is 2. The first-order chi connectivity index (χ1) is 18.4. The van der Waals surface area contributed by atoms with Crippen LogP contribution in [0.25, 0.3) is 28.4 Å². The predicted octanol–water partition coefficient (Wildman–Crippen LogP) is 7.91. The molecule has 5 aromatic rings. The van der Waals surface area contributed by atoms with Gasteiger partial charge in [0.2, 0.25) is 5.91 Å². The number of carbonyl (C=O) groups is 2. The molecule has 7 nitrogen and oxygen atoms in total. The largest absolute Gasteiger partial charge is 0.494 e. The van der Waals surface area contributed by atoms with Crippen LogP contribution in [0.5, 0.6) is 5.75 Å². The normalized spacial score (nSPS) is 11.1. The maximum absolute atomic E-state index is 12.7. The van der Waals surface area contributed by atoms with Crippen LogP contribution in [0.4, 0.5) is 11.4 Å². The van der Waals surface area contributed by atoms with E-state index in [1.165, 1.54) is 13.2 Å². The molecule has 0 bridgehead atoms. The highest BCUT2D eigenvalue weighted by Crippen LogP contribution is 2.30. The molecular formula is C29H20Cl2N2O5. The van der Waals surface area contributed by atoms with Crippen molar-refractivity contribution in [2.45, 2.75) is 0 Å². The Morgan fingerprint density at radius 3 is 2.42 bits per heavy atom. The predicted molar refractivity (Wildman–Crippen MR) is 149 cm³/mol. The molecule has 2 heterocycles. The summed E-state index contributed by atoms with van der Waals surface area (Å²) in [5.41, 5.74) is 2.25. The lowest BCUT2D eigenvalue weighted by Gasteiger charge is -2.11. The lowest BCUT2D eigenvalue weighted by atomic mass is 10.2. The fourth-order valence-electron chi connectivity index (χ4n) is 3.79. The monoisotopic (exact) mass is 546 g/mol. The lowest BCUT2D eigenvalue weighted by molar-refractivity contribution is -0.111. The molecule has 0 aliphatic rings. The van der Waals surface area contributed by atoms with Gasteiger partial charge < -0.3 is 24.2 Å². The number of benzene rings is 3. The summed E-state index contributed by atoms with van der Waals surface area (Å²) < 4.78 is 16.8. The van der Waals surface area contributed by atoms with E-state index in [0.29, 0.717) is 44.3 Å². The van der Waals surface area contributed by atoms with Crippen molar-refractivity contribution in [3.8, 4) is 17.1 Å². The van der Waals surface area contributed by atoms with Gasteiger partial charge in [-0.15, -0.1) is 0 Å². The van der Waals surface area contributed by atoms with Crippen molar-refractivity contribution in [2.75, 3.05) is 17.7 Å². The highest BCUT2D eigenvalue weighted by Gasteiger charge is 2.15. The average Bonchev–Trinajstić information content (AvgIpc) is 3.55. The maximum Gasteiger partial charge on any atom is 0.291 e. The fourth-order valence-corrected chi connectivity index (χ4v) is 4.31. The Morgan fingerprint density at radius 2 is 1.66 bits per heavy atom. The van der Waals surface area contributed by atoms with Gasteiger partial charge in [0.15, 0.2) is 5.76 Å². The molecule has 5 rings (SSSR count). The molecular weight excluding hydrogens is 527 g/mol. The van der Waals surface area contributed by atoms with E-state index in [9.17, 15) is 9.59 Å². The molecule has 2 amide bonds.